The molecule has 34 heavy (non-hydrogen) atoms. The third kappa shape index (κ3) is 4.02. The molecule has 0 atom stereocenters. The lowest BCUT2D eigenvalue weighted by Crippen LogP contribution is -2.22. The summed E-state index contributed by atoms with van der Waals surface area (Å²) in [6.45, 7) is 0. The molecule has 0 radical (unpaired) electrons. The summed E-state index contributed by atoms with van der Waals surface area (Å²) >= 11 is 0. The molecule has 8 heteroatoms. The van der Waals surface area contributed by atoms with E-state index < -0.39 is 46.1 Å². The van der Waals surface area contributed by atoms with Gasteiger partial charge in [-0.1, -0.05) is 50.7 Å². The van der Waals surface area contributed by atoms with Crippen molar-refractivity contribution < 1.29 is 39.6 Å². The predicted molar refractivity (Wildman–Crippen MR) is 123 cm³/mol. The lowest BCUT2D eigenvalue weighted by Gasteiger charge is -2.32. The van der Waals surface area contributed by atoms with E-state index in [0.29, 0.717) is 5.56 Å². The molecule has 8 nitrogen and oxygen atoms in total. The minimum Gasteiger partial charge on any atom is -0.478 e. The Balaban J connectivity index is 2.22. The fraction of sp³-hybridized carbons (Fsp3) is 0.462. The quantitative estimate of drug-likeness (QED) is 0.420. The van der Waals surface area contributed by atoms with Crippen LogP contribution in [0.15, 0.2) is 12.1 Å². The molecule has 0 saturated heterocycles. The van der Waals surface area contributed by atoms with Gasteiger partial charge in [-0.15, -0.1) is 0 Å². The summed E-state index contributed by atoms with van der Waals surface area (Å²) in [6.07, 6.45) is 9.59. The van der Waals surface area contributed by atoms with Crippen LogP contribution >= 0.6 is 0 Å². The number of carboxylic acid groups (broad SMARTS) is 4. The molecule has 4 rings (SSSR count). The van der Waals surface area contributed by atoms with E-state index in [1.165, 1.54) is 6.07 Å². The second-order valence-electron chi connectivity index (χ2n) is 9.38. The molecule has 2 aromatic carbocycles. The van der Waals surface area contributed by atoms with E-state index in [1.807, 2.05) is 6.07 Å². The molecule has 0 spiro atoms. The number of rotatable bonds is 6. The second kappa shape index (κ2) is 9.44. The Morgan fingerprint density at radius 2 is 1.00 bits per heavy atom. The van der Waals surface area contributed by atoms with Gasteiger partial charge in [-0.05, 0) is 54.0 Å². The molecule has 0 aromatic heterocycles. The van der Waals surface area contributed by atoms with Crippen LogP contribution in [0.5, 0.6) is 0 Å². The van der Waals surface area contributed by atoms with Crippen molar-refractivity contribution in [1.29, 1.82) is 0 Å². The summed E-state index contributed by atoms with van der Waals surface area (Å²) in [5, 5.41) is 39.9. The van der Waals surface area contributed by atoms with Gasteiger partial charge in [0.05, 0.1) is 22.3 Å². The second-order valence-corrected chi connectivity index (χ2v) is 9.38. The zero-order valence-corrected chi connectivity index (χ0v) is 18.8. The zero-order valence-electron chi connectivity index (χ0n) is 18.8. The fourth-order valence-electron chi connectivity index (χ4n) is 6.09. The van der Waals surface area contributed by atoms with Gasteiger partial charge in [0, 0.05) is 5.39 Å². The smallest absolute Gasteiger partial charge is 0.337 e. The van der Waals surface area contributed by atoms with Crippen LogP contribution in [0.1, 0.15) is 129 Å². The summed E-state index contributed by atoms with van der Waals surface area (Å²) in [7, 11) is 0. The monoisotopic (exact) mass is 468 g/mol. The average molecular weight is 469 g/mol. The van der Waals surface area contributed by atoms with Crippen LogP contribution in [0.4, 0.5) is 0 Å². The highest BCUT2D eigenvalue weighted by molar-refractivity contribution is 6.24. The van der Waals surface area contributed by atoms with Gasteiger partial charge in [0.2, 0.25) is 0 Å². The highest BCUT2D eigenvalue weighted by Crippen LogP contribution is 2.46. The highest BCUT2D eigenvalue weighted by Gasteiger charge is 2.36. The largest absolute Gasteiger partial charge is 0.478 e. The van der Waals surface area contributed by atoms with E-state index in [9.17, 15) is 39.6 Å². The van der Waals surface area contributed by atoms with Gasteiger partial charge in [-0.3, -0.25) is 0 Å². The van der Waals surface area contributed by atoms with Crippen LogP contribution in [0.2, 0.25) is 0 Å². The van der Waals surface area contributed by atoms with E-state index in [1.54, 1.807) is 0 Å². The molecule has 0 bridgehead atoms. The number of benzene rings is 2. The summed E-state index contributed by atoms with van der Waals surface area (Å²) < 4.78 is 0. The van der Waals surface area contributed by atoms with Gasteiger partial charge in [-0.25, -0.2) is 19.2 Å². The molecular formula is C26H28O8. The van der Waals surface area contributed by atoms with E-state index >= 15 is 0 Å². The van der Waals surface area contributed by atoms with Crippen LogP contribution in [0, 0.1) is 0 Å². The number of carbonyl (C=O) groups is 4. The van der Waals surface area contributed by atoms with Crippen molar-refractivity contribution in [3.05, 3.63) is 45.5 Å². The molecular weight excluding hydrogens is 440 g/mol. The minimum atomic E-state index is -1.78. The predicted octanol–water partition coefficient (Wildman–Crippen LogP) is 5.73. The van der Waals surface area contributed by atoms with Crippen molar-refractivity contribution in [2.75, 3.05) is 0 Å². The Morgan fingerprint density at radius 1 is 0.559 bits per heavy atom. The Labute approximate surface area is 196 Å². The van der Waals surface area contributed by atoms with Gasteiger partial charge in [0.25, 0.3) is 0 Å². The van der Waals surface area contributed by atoms with Gasteiger partial charge >= 0.3 is 23.9 Å². The van der Waals surface area contributed by atoms with Gasteiger partial charge in [0.1, 0.15) is 0 Å². The molecule has 2 fully saturated rings. The van der Waals surface area contributed by atoms with E-state index in [0.717, 1.165) is 69.8 Å². The maximum absolute atomic E-state index is 12.5. The molecule has 2 saturated carbocycles. The Bertz CT molecular complexity index is 1180. The van der Waals surface area contributed by atoms with Crippen molar-refractivity contribution in [2.24, 2.45) is 0 Å². The Hall–Kier alpha value is -3.42. The standard InChI is InChI=1S/C26H28O8/c27-23(28)19-16-12-11-15(13-7-3-1-4-8-13)17(14-9-5-2-6-10-14)18(16)20(24(29)30)22(26(33)34)21(19)25(31)32/h11-14H,1-10H2,(H,27,28)(H,29,30)(H,31,32)(H,33,34). The molecule has 2 aromatic rings. The maximum atomic E-state index is 12.5. The molecule has 4 N–H and O–H groups in total. The van der Waals surface area contributed by atoms with Crippen LogP contribution in [-0.4, -0.2) is 44.3 Å². The van der Waals surface area contributed by atoms with Crippen molar-refractivity contribution in [1.82, 2.24) is 0 Å². The van der Waals surface area contributed by atoms with Gasteiger partial charge in [0.15, 0.2) is 0 Å². The van der Waals surface area contributed by atoms with Crippen molar-refractivity contribution >= 4 is 34.6 Å². The minimum absolute atomic E-state index is 0.0209. The zero-order chi connectivity index (χ0) is 24.6. The van der Waals surface area contributed by atoms with E-state index in [2.05, 4.69) is 0 Å². The maximum Gasteiger partial charge on any atom is 0.337 e. The summed E-state index contributed by atoms with van der Waals surface area (Å²) in [4.78, 5) is 49.1. The van der Waals surface area contributed by atoms with Gasteiger partial charge in [-0.2, -0.15) is 0 Å². The van der Waals surface area contributed by atoms with Gasteiger partial charge < -0.3 is 20.4 Å². The first-order valence-electron chi connectivity index (χ1n) is 11.8. The highest BCUT2D eigenvalue weighted by atomic mass is 16.4. The number of hydrogen-bond donors (Lipinski definition) is 4. The topological polar surface area (TPSA) is 149 Å². The first-order valence-corrected chi connectivity index (χ1v) is 11.8. The number of hydrogen-bond acceptors (Lipinski definition) is 4. The first-order chi connectivity index (χ1) is 16.2. The Kier molecular flexibility index (Phi) is 6.59. The summed E-state index contributed by atoms with van der Waals surface area (Å²) in [5.74, 6) is -6.57. The average Bonchev–Trinajstić information content (AvgIpc) is 2.82. The van der Waals surface area contributed by atoms with E-state index in [-0.39, 0.29) is 22.6 Å². The van der Waals surface area contributed by atoms with Crippen LogP contribution in [0.25, 0.3) is 10.8 Å². The van der Waals surface area contributed by atoms with Crippen molar-refractivity contribution in [2.45, 2.75) is 76.0 Å². The molecule has 0 unspecified atom stereocenters. The SMILES string of the molecule is O=C(O)c1c(C(=O)O)c(C(=O)O)c2c(C3CCCCC3)c(C3CCCCC3)ccc2c1C(=O)O. The first kappa shape index (κ1) is 23.7. The third-order valence-corrected chi connectivity index (χ3v) is 7.46. The molecule has 0 aliphatic heterocycles. The lowest BCUT2D eigenvalue weighted by atomic mass is 9.72. The number of aromatic carboxylic acids is 4. The van der Waals surface area contributed by atoms with Crippen molar-refractivity contribution in [3.63, 3.8) is 0 Å². The molecule has 0 heterocycles. The molecule has 2 aliphatic rings. The number of fused-ring (bicyclic) bond motifs is 1. The summed E-state index contributed by atoms with van der Waals surface area (Å²) in [6, 6.07) is 3.31. The molecule has 180 valence electrons. The van der Waals surface area contributed by atoms with E-state index in [4.69, 9.17) is 0 Å². The number of carboxylic acids is 4. The van der Waals surface area contributed by atoms with Crippen LogP contribution < -0.4 is 0 Å². The van der Waals surface area contributed by atoms with Crippen molar-refractivity contribution in [3.8, 4) is 0 Å². The fourth-order valence-corrected chi connectivity index (χ4v) is 6.09. The third-order valence-electron chi connectivity index (χ3n) is 7.46. The summed E-state index contributed by atoms with van der Waals surface area (Å²) in [5.41, 5.74) is -1.59. The Morgan fingerprint density at radius 3 is 1.47 bits per heavy atom. The molecule has 0 amide bonds. The normalized spacial score (nSPS) is 17.5. The van der Waals surface area contributed by atoms with Crippen LogP contribution in [0.3, 0.4) is 0 Å². The van der Waals surface area contributed by atoms with Crippen LogP contribution in [-0.2, 0) is 0 Å². The lowest BCUT2D eigenvalue weighted by molar-refractivity contribution is 0.0621. The molecule has 2 aliphatic carbocycles.